The Balaban J connectivity index is 0.00000461. The molecule has 1 fully saturated rings. The maximum atomic E-state index is 13.7. The molecule has 11 nitrogen and oxygen atoms in total. The molecule has 45 heavy (non-hydrogen) atoms. The molecule has 13 heteroatoms. The SMILES string of the molecule is CC(=O)Nc1ccc(Cl)c(-c2cccc(C[C@H](NC(=O)[C@H]3CC[C@H](CN)CC3)C(=O)Nc3ccc(-c4nnn[nH]4)cc3)c2)c1.Cl. The molecule has 5 rings (SSSR count). The van der Waals surface area contributed by atoms with Crippen molar-refractivity contribution in [2.45, 2.75) is 45.1 Å². The Bertz CT molecular complexity index is 1610. The maximum absolute atomic E-state index is 13.7. The highest BCUT2D eigenvalue weighted by atomic mass is 35.5. The number of halogens is 2. The third kappa shape index (κ3) is 8.87. The van der Waals surface area contributed by atoms with Gasteiger partial charge in [-0.1, -0.05) is 35.9 Å². The van der Waals surface area contributed by atoms with E-state index in [-0.39, 0.29) is 42.5 Å². The lowest BCUT2D eigenvalue weighted by Crippen LogP contribution is -2.48. The number of carbonyl (C=O) groups excluding carboxylic acids is 3. The first-order valence-corrected chi connectivity index (χ1v) is 15.0. The van der Waals surface area contributed by atoms with Gasteiger partial charge in [0.15, 0.2) is 5.82 Å². The van der Waals surface area contributed by atoms with Crippen LogP contribution < -0.4 is 21.7 Å². The zero-order chi connectivity index (χ0) is 31.1. The minimum atomic E-state index is -0.829. The molecule has 6 N–H and O–H groups in total. The van der Waals surface area contributed by atoms with Crippen molar-refractivity contribution >= 4 is 53.1 Å². The largest absolute Gasteiger partial charge is 0.344 e. The monoisotopic (exact) mass is 650 g/mol. The summed E-state index contributed by atoms with van der Waals surface area (Å²) in [4.78, 5) is 38.6. The molecule has 0 saturated heterocycles. The van der Waals surface area contributed by atoms with Gasteiger partial charge in [-0.3, -0.25) is 14.4 Å². The minimum absolute atomic E-state index is 0. The molecular weight excluding hydrogens is 615 g/mol. The van der Waals surface area contributed by atoms with Gasteiger partial charge in [-0.05, 0) is 102 Å². The predicted molar refractivity (Wildman–Crippen MR) is 177 cm³/mol. The number of hydrogen-bond acceptors (Lipinski definition) is 7. The highest BCUT2D eigenvalue weighted by molar-refractivity contribution is 6.33. The number of carbonyl (C=O) groups is 3. The van der Waals surface area contributed by atoms with Crippen molar-refractivity contribution in [3.63, 3.8) is 0 Å². The van der Waals surface area contributed by atoms with Gasteiger partial charge in [-0.2, -0.15) is 0 Å². The van der Waals surface area contributed by atoms with Crippen LogP contribution in [0.25, 0.3) is 22.5 Å². The zero-order valence-corrected chi connectivity index (χ0v) is 26.3. The van der Waals surface area contributed by atoms with Crippen molar-refractivity contribution in [2.75, 3.05) is 17.2 Å². The highest BCUT2D eigenvalue weighted by Crippen LogP contribution is 2.32. The third-order valence-corrected chi connectivity index (χ3v) is 8.25. The summed E-state index contributed by atoms with van der Waals surface area (Å²) < 4.78 is 0. The average Bonchev–Trinajstić information content (AvgIpc) is 3.57. The molecule has 236 valence electrons. The number of aromatic nitrogens is 4. The van der Waals surface area contributed by atoms with Gasteiger partial charge in [-0.15, -0.1) is 17.5 Å². The van der Waals surface area contributed by atoms with Crippen LogP contribution in [0.5, 0.6) is 0 Å². The van der Waals surface area contributed by atoms with Gasteiger partial charge < -0.3 is 21.7 Å². The molecule has 0 unspecified atom stereocenters. The van der Waals surface area contributed by atoms with Crippen LogP contribution in [-0.4, -0.2) is 50.9 Å². The Morgan fingerprint density at radius 2 is 1.69 bits per heavy atom. The number of tetrazole rings is 1. The van der Waals surface area contributed by atoms with E-state index in [4.69, 9.17) is 17.3 Å². The number of benzene rings is 3. The summed E-state index contributed by atoms with van der Waals surface area (Å²) in [7, 11) is 0. The van der Waals surface area contributed by atoms with E-state index in [0.717, 1.165) is 47.9 Å². The fraction of sp³-hybridized carbons (Fsp3) is 0.312. The number of hydrogen-bond donors (Lipinski definition) is 5. The van der Waals surface area contributed by atoms with Gasteiger partial charge in [0.1, 0.15) is 6.04 Å². The number of nitrogens with two attached hydrogens (primary N) is 1. The second-order valence-corrected chi connectivity index (χ2v) is 11.5. The average molecular weight is 652 g/mol. The van der Waals surface area contributed by atoms with Crippen LogP contribution in [0.2, 0.25) is 5.02 Å². The van der Waals surface area contributed by atoms with Gasteiger partial charge in [-0.25, -0.2) is 5.10 Å². The van der Waals surface area contributed by atoms with E-state index >= 15 is 0 Å². The van der Waals surface area contributed by atoms with E-state index < -0.39 is 6.04 Å². The number of aromatic amines is 1. The summed E-state index contributed by atoms with van der Waals surface area (Å²) in [5.74, 6) is 0.144. The summed E-state index contributed by atoms with van der Waals surface area (Å²) in [6, 6.07) is 19.2. The Morgan fingerprint density at radius 1 is 0.956 bits per heavy atom. The second-order valence-electron chi connectivity index (χ2n) is 11.1. The van der Waals surface area contributed by atoms with Gasteiger partial charge >= 0.3 is 0 Å². The van der Waals surface area contributed by atoms with Crippen LogP contribution in [0.4, 0.5) is 11.4 Å². The second kappa shape index (κ2) is 15.6. The van der Waals surface area contributed by atoms with Crippen LogP contribution in [0.3, 0.4) is 0 Å². The van der Waals surface area contributed by atoms with E-state index in [1.807, 2.05) is 30.3 Å². The number of nitrogens with zero attached hydrogens (tertiary/aromatic N) is 3. The topological polar surface area (TPSA) is 168 Å². The lowest BCUT2D eigenvalue weighted by atomic mass is 9.81. The zero-order valence-electron chi connectivity index (χ0n) is 24.8. The molecule has 1 atom stereocenters. The van der Waals surface area contributed by atoms with Crippen LogP contribution in [0.1, 0.15) is 38.2 Å². The molecule has 4 aromatic rings. The van der Waals surface area contributed by atoms with Crippen LogP contribution >= 0.6 is 24.0 Å². The lowest BCUT2D eigenvalue weighted by molar-refractivity contribution is -0.130. The minimum Gasteiger partial charge on any atom is -0.344 e. The Kier molecular flexibility index (Phi) is 11.6. The normalized spacial score (nSPS) is 16.6. The molecule has 1 aliphatic rings. The number of rotatable bonds is 10. The summed E-state index contributed by atoms with van der Waals surface area (Å²) in [5, 5.41) is 23.1. The molecule has 1 saturated carbocycles. The van der Waals surface area contributed by atoms with Gasteiger partial charge in [0.25, 0.3) is 0 Å². The highest BCUT2D eigenvalue weighted by Gasteiger charge is 2.29. The Morgan fingerprint density at radius 3 is 2.36 bits per heavy atom. The van der Waals surface area contributed by atoms with Gasteiger partial charge in [0.2, 0.25) is 17.7 Å². The number of nitrogens with one attached hydrogen (secondary N) is 4. The van der Waals surface area contributed by atoms with Crippen molar-refractivity contribution in [2.24, 2.45) is 17.6 Å². The van der Waals surface area contributed by atoms with E-state index in [1.165, 1.54) is 6.92 Å². The van der Waals surface area contributed by atoms with E-state index in [9.17, 15) is 14.4 Å². The summed E-state index contributed by atoms with van der Waals surface area (Å²) in [6.07, 6.45) is 3.56. The first-order valence-electron chi connectivity index (χ1n) is 14.6. The number of anilines is 2. The van der Waals surface area contributed by atoms with Gasteiger partial charge in [0.05, 0.1) is 0 Å². The Hall–Kier alpha value is -4.32. The number of amides is 3. The molecule has 0 spiro atoms. The first kappa shape index (κ1) is 33.6. The quantitative estimate of drug-likeness (QED) is 0.161. The van der Waals surface area contributed by atoms with E-state index in [2.05, 4.69) is 36.6 Å². The van der Waals surface area contributed by atoms with Crippen LogP contribution in [0.15, 0.2) is 66.7 Å². The molecule has 3 aromatic carbocycles. The molecule has 0 bridgehead atoms. The van der Waals surface area contributed by atoms with E-state index in [1.54, 1.807) is 36.4 Å². The fourth-order valence-corrected chi connectivity index (χ4v) is 5.74. The fourth-order valence-electron chi connectivity index (χ4n) is 5.51. The maximum Gasteiger partial charge on any atom is 0.247 e. The van der Waals surface area contributed by atoms with Crippen LogP contribution in [0, 0.1) is 11.8 Å². The molecule has 0 radical (unpaired) electrons. The van der Waals surface area contributed by atoms with Crippen LogP contribution in [-0.2, 0) is 20.8 Å². The first-order chi connectivity index (χ1) is 21.3. The molecule has 1 heterocycles. The van der Waals surface area contributed by atoms with E-state index in [0.29, 0.717) is 34.7 Å². The van der Waals surface area contributed by atoms with Crippen molar-refractivity contribution < 1.29 is 14.4 Å². The van der Waals surface area contributed by atoms with Crippen molar-refractivity contribution in [3.05, 3.63) is 77.3 Å². The number of H-pyrrole nitrogens is 1. The molecule has 3 amide bonds. The van der Waals surface area contributed by atoms with Crippen molar-refractivity contribution in [1.82, 2.24) is 25.9 Å². The van der Waals surface area contributed by atoms with Crippen molar-refractivity contribution in [1.29, 1.82) is 0 Å². The predicted octanol–water partition coefficient (Wildman–Crippen LogP) is 5.00. The summed E-state index contributed by atoms with van der Waals surface area (Å²) >= 11 is 6.53. The van der Waals surface area contributed by atoms with Gasteiger partial charge in [0, 0.05) is 46.8 Å². The molecule has 1 aromatic heterocycles. The summed E-state index contributed by atoms with van der Waals surface area (Å²) in [6.45, 7) is 2.07. The van der Waals surface area contributed by atoms with Crippen molar-refractivity contribution in [3.8, 4) is 22.5 Å². The Labute approximate surface area is 272 Å². The summed E-state index contributed by atoms with van der Waals surface area (Å²) in [5.41, 5.74) is 10.2. The lowest BCUT2D eigenvalue weighted by Gasteiger charge is -2.28. The standard InChI is InChI=1S/C32H35ClN8O3.ClH/c1-19(42)35-26-13-14-28(33)27(17-26)24-4-2-3-21(15-24)16-29(37-31(43)23-7-5-20(18-34)6-8-23)32(44)36-25-11-9-22(10-12-25)30-38-40-41-39-30;/h2-4,9-15,17,20,23,29H,5-8,16,18,34H2,1H3,(H,35,42)(H,36,44)(H,37,43)(H,38,39,40,41);1H/t20-,23-,29-;/m0./s1. The smallest absolute Gasteiger partial charge is 0.247 e. The molecular formula is C32H36Cl2N8O3. The molecule has 0 aliphatic heterocycles. The third-order valence-electron chi connectivity index (χ3n) is 7.92. The molecule has 1 aliphatic carbocycles.